The van der Waals surface area contributed by atoms with Crippen LogP contribution in [-0.4, -0.2) is 38.4 Å². The van der Waals surface area contributed by atoms with E-state index in [0.29, 0.717) is 11.4 Å². The van der Waals surface area contributed by atoms with Gasteiger partial charge >= 0.3 is 0 Å². The molecule has 0 aliphatic heterocycles. The van der Waals surface area contributed by atoms with Crippen LogP contribution < -0.4 is 4.72 Å². The summed E-state index contributed by atoms with van der Waals surface area (Å²) in [5.74, 6) is 0.0209. The van der Waals surface area contributed by atoms with E-state index in [2.05, 4.69) is 4.72 Å². The van der Waals surface area contributed by atoms with Crippen molar-refractivity contribution >= 4 is 15.9 Å². The first kappa shape index (κ1) is 18.9. The van der Waals surface area contributed by atoms with Gasteiger partial charge in [0.25, 0.3) is 0 Å². The van der Waals surface area contributed by atoms with Crippen molar-refractivity contribution in [1.29, 1.82) is 0 Å². The van der Waals surface area contributed by atoms with E-state index in [1.54, 1.807) is 26.0 Å². The van der Waals surface area contributed by atoms with Gasteiger partial charge in [0.1, 0.15) is 0 Å². The molecule has 0 spiro atoms. The van der Waals surface area contributed by atoms with Crippen LogP contribution in [0.4, 0.5) is 0 Å². The number of carbonyl (C=O) groups excluding carboxylic acids is 1. The molecule has 1 N–H and O–H groups in total. The van der Waals surface area contributed by atoms with E-state index in [1.807, 2.05) is 17.9 Å². The van der Waals surface area contributed by atoms with Crippen molar-refractivity contribution in [3.63, 3.8) is 0 Å². The van der Waals surface area contributed by atoms with Crippen LogP contribution in [-0.2, 0) is 14.8 Å². The summed E-state index contributed by atoms with van der Waals surface area (Å²) in [6.45, 7) is 5.96. The second-order valence-electron chi connectivity index (χ2n) is 6.67. The highest BCUT2D eigenvalue weighted by Crippen LogP contribution is 2.22. The highest BCUT2D eigenvalue weighted by Gasteiger charge is 2.24. The lowest BCUT2D eigenvalue weighted by Gasteiger charge is -2.33. The number of hydrogen-bond donors (Lipinski definition) is 1. The number of carbonyl (C=O) groups is 1. The number of aryl methyl sites for hydroxylation is 2. The summed E-state index contributed by atoms with van der Waals surface area (Å²) in [7, 11) is -3.55. The van der Waals surface area contributed by atoms with Crippen LogP contribution in [0.1, 0.15) is 50.2 Å². The fourth-order valence-electron chi connectivity index (χ4n) is 3.47. The summed E-state index contributed by atoms with van der Waals surface area (Å²) < 4.78 is 27.6. The smallest absolute Gasteiger partial charge is 0.240 e. The molecule has 1 fully saturated rings. The van der Waals surface area contributed by atoms with Gasteiger partial charge in [-0.15, -0.1) is 0 Å². The average molecular weight is 353 g/mol. The SMILES string of the molecule is CC(=O)N(CCNS(=O)(=O)c1ccc(C)cc1C)C1CCCCC1. The molecule has 1 amide bonds. The second-order valence-corrected chi connectivity index (χ2v) is 8.41. The number of rotatable bonds is 6. The van der Waals surface area contributed by atoms with Crippen molar-refractivity contribution in [1.82, 2.24) is 9.62 Å². The van der Waals surface area contributed by atoms with Gasteiger partial charge in [-0.1, -0.05) is 37.0 Å². The van der Waals surface area contributed by atoms with Crippen LogP contribution in [0, 0.1) is 13.8 Å². The van der Waals surface area contributed by atoms with Crippen LogP contribution in [0.3, 0.4) is 0 Å². The van der Waals surface area contributed by atoms with Crippen molar-refractivity contribution in [2.45, 2.75) is 63.8 Å². The predicted octanol–water partition coefficient (Wildman–Crippen LogP) is 2.76. The van der Waals surface area contributed by atoms with Crippen LogP contribution in [0.15, 0.2) is 23.1 Å². The van der Waals surface area contributed by atoms with Crippen molar-refractivity contribution in [2.24, 2.45) is 0 Å². The lowest BCUT2D eigenvalue weighted by atomic mass is 9.94. The summed E-state index contributed by atoms with van der Waals surface area (Å²) in [5.41, 5.74) is 1.77. The number of nitrogens with one attached hydrogen (secondary N) is 1. The van der Waals surface area contributed by atoms with Crippen LogP contribution >= 0.6 is 0 Å². The molecule has 1 saturated carbocycles. The molecule has 0 bridgehead atoms. The number of benzene rings is 1. The standard InChI is InChI=1S/C18H28N2O3S/c1-14-9-10-18(15(2)13-14)24(22,23)19-11-12-20(16(3)21)17-7-5-4-6-8-17/h9-10,13,17,19H,4-8,11-12H2,1-3H3. The molecule has 0 atom stereocenters. The number of nitrogens with zero attached hydrogens (tertiary/aromatic N) is 1. The van der Waals surface area contributed by atoms with Gasteiger partial charge in [-0.3, -0.25) is 4.79 Å². The normalized spacial score (nSPS) is 16.1. The molecular formula is C18H28N2O3S. The Balaban J connectivity index is 1.99. The predicted molar refractivity (Wildman–Crippen MR) is 95.4 cm³/mol. The Morgan fingerprint density at radius 3 is 2.46 bits per heavy atom. The molecule has 6 heteroatoms. The monoisotopic (exact) mass is 352 g/mol. The maximum Gasteiger partial charge on any atom is 0.240 e. The van der Waals surface area contributed by atoms with Crippen LogP contribution in [0.2, 0.25) is 0 Å². The molecule has 1 aromatic rings. The fraction of sp³-hybridized carbons (Fsp3) is 0.611. The molecule has 0 aromatic heterocycles. The summed E-state index contributed by atoms with van der Waals surface area (Å²) in [5, 5.41) is 0. The Hall–Kier alpha value is -1.40. The minimum absolute atomic E-state index is 0.0209. The zero-order valence-electron chi connectivity index (χ0n) is 14.8. The third-order valence-corrected chi connectivity index (χ3v) is 6.31. The molecule has 0 heterocycles. The largest absolute Gasteiger partial charge is 0.339 e. The zero-order valence-corrected chi connectivity index (χ0v) is 15.7. The third kappa shape index (κ3) is 4.80. The fourth-order valence-corrected chi connectivity index (χ4v) is 4.71. The number of hydrogen-bond acceptors (Lipinski definition) is 3. The Morgan fingerprint density at radius 2 is 1.88 bits per heavy atom. The molecule has 1 aromatic carbocycles. The first-order valence-corrected chi connectivity index (χ1v) is 10.1. The lowest BCUT2D eigenvalue weighted by Crippen LogP contribution is -2.44. The molecule has 5 nitrogen and oxygen atoms in total. The lowest BCUT2D eigenvalue weighted by molar-refractivity contribution is -0.131. The van der Waals surface area contributed by atoms with Gasteiger partial charge in [-0.25, -0.2) is 13.1 Å². The molecule has 0 unspecified atom stereocenters. The summed E-state index contributed by atoms with van der Waals surface area (Å²) in [6.07, 6.45) is 5.54. The molecule has 0 radical (unpaired) electrons. The molecule has 0 saturated heterocycles. The minimum atomic E-state index is -3.55. The Kier molecular flexibility index (Phi) is 6.40. The maximum absolute atomic E-state index is 12.5. The van der Waals surface area contributed by atoms with E-state index >= 15 is 0 Å². The van der Waals surface area contributed by atoms with E-state index in [9.17, 15) is 13.2 Å². The minimum Gasteiger partial charge on any atom is -0.339 e. The van der Waals surface area contributed by atoms with Crippen molar-refractivity contribution in [3.05, 3.63) is 29.3 Å². The van der Waals surface area contributed by atoms with Crippen molar-refractivity contribution in [3.8, 4) is 0 Å². The van der Waals surface area contributed by atoms with Gasteiger partial charge < -0.3 is 4.90 Å². The van der Waals surface area contributed by atoms with Crippen molar-refractivity contribution < 1.29 is 13.2 Å². The molecular weight excluding hydrogens is 324 g/mol. The number of amides is 1. The Labute approximate surface area is 145 Å². The van der Waals surface area contributed by atoms with Gasteiger partial charge in [-0.05, 0) is 38.3 Å². The first-order valence-electron chi connectivity index (χ1n) is 8.65. The van der Waals surface area contributed by atoms with Gasteiger partial charge in [0.2, 0.25) is 15.9 Å². The molecule has 1 aliphatic carbocycles. The van der Waals surface area contributed by atoms with Gasteiger partial charge in [0.05, 0.1) is 4.90 Å². The molecule has 2 rings (SSSR count). The van der Waals surface area contributed by atoms with Gasteiger partial charge in [0.15, 0.2) is 0 Å². The molecule has 24 heavy (non-hydrogen) atoms. The summed E-state index contributed by atoms with van der Waals surface area (Å²) >= 11 is 0. The third-order valence-electron chi connectivity index (χ3n) is 4.68. The highest BCUT2D eigenvalue weighted by atomic mass is 32.2. The second kappa shape index (κ2) is 8.12. The maximum atomic E-state index is 12.5. The van der Waals surface area contributed by atoms with Crippen LogP contribution in [0.5, 0.6) is 0 Å². The Morgan fingerprint density at radius 1 is 1.21 bits per heavy atom. The molecule has 1 aliphatic rings. The van der Waals surface area contributed by atoms with E-state index < -0.39 is 10.0 Å². The number of sulfonamides is 1. The topological polar surface area (TPSA) is 66.5 Å². The zero-order chi connectivity index (χ0) is 17.7. The van der Waals surface area contributed by atoms with Gasteiger partial charge in [0, 0.05) is 26.1 Å². The van der Waals surface area contributed by atoms with E-state index in [4.69, 9.17) is 0 Å². The van der Waals surface area contributed by atoms with E-state index in [-0.39, 0.29) is 18.5 Å². The first-order chi connectivity index (χ1) is 11.3. The summed E-state index contributed by atoms with van der Waals surface area (Å²) in [6, 6.07) is 5.54. The highest BCUT2D eigenvalue weighted by molar-refractivity contribution is 7.89. The van der Waals surface area contributed by atoms with Crippen molar-refractivity contribution in [2.75, 3.05) is 13.1 Å². The quantitative estimate of drug-likeness (QED) is 0.856. The van der Waals surface area contributed by atoms with Crippen LogP contribution in [0.25, 0.3) is 0 Å². The Bertz CT molecular complexity index is 680. The summed E-state index contributed by atoms with van der Waals surface area (Å²) in [4.78, 5) is 14.0. The van der Waals surface area contributed by atoms with Gasteiger partial charge in [-0.2, -0.15) is 0 Å². The molecule has 134 valence electrons. The van der Waals surface area contributed by atoms with E-state index in [0.717, 1.165) is 36.8 Å². The average Bonchev–Trinajstić information content (AvgIpc) is 2.51. The van der Waals surface area contributed by atoms with E-state index in [1.165, 1.54) is 6.42 Å².